The summed E-state index contributed by atoms with van der Waals surface area (Å²) in [6.07, 6.45) is 0.679. The molecule has 0 aliphatic carbocycles. The van der Waals surface area contributed by atoms with Crippen LogP contribution in [0.4, 0.5) is 0 Å². The fourth-order valence-electron chi connectivity index (χ4n) is 0.342. The number of rotatable bonds is 3. The Kier molecular flexibility index (Phi) is 11.3. The Bertz CT molecular complexity index is 85.7. The standard InChI is InChI=1S/C5H11NOS.C2H6/c1-4(7)5(6)2-3-8;1-2/h5,8H,2-3,6H2,1H3;1-2H3. The van der Waals surface area contributed by atoms with Crippen molar-refractivity contribution >= 4 is 18.4 Å². The first-order chi connectivity index (χ1) is 4.68. The second kappa shape index (κ2) is 8.98. The molecule has 0 saturated heterocycles. The molecule has 0 fully saturated rings. The zero-order chi connectivity index (χ0) is 8.57. The lowest BCUT2D eigenvalue weighted by atomic mass is 10.2. The minimum absolute atomic E-state index is 0.0408. The number of thiol groups is 1. The molecule has 0 aromatic rings. The maximum absolute atomic E-state index is 10.4. The Morgan fingerprint density at radius 2 is 2.00 bits per heavy atom. The van der Waals surface area contributed by atoms with Gasteiger partial charge in [-0.25, -0.2) is 0 Å². The first-order valence-corrected chi connectivity index (χ1v) is 4.18. The van der Waals surface area contributed by atoms with Gasteiger partial charge in [0.25, 0.3) is 0 Å². The molecule has 0 saturated carbocycles. The molecule has 0 radical (unpaired) electrons. The van der Waals surface area contributed by atoms with Crippen LogP contribution in [0.25, 0.3) is 0 Å². The van der Waals surface area contributed by atoms with Crippen molar-refractivity contribution in [3.8, 4) is 0 Å². The van der Waals surface area contributed by atoms with Crippen molar-refractivity contribution in [1.29, 1.82) is 0 Å². The van der Waals surface area contributed by atoms with Gasteiger partial charge in [0.15, 0.2) is 0 Å². The van der Waals surface area contributed by atoms with Crippen LogP contribution < -0.4 is 5.73 Å². The molecule has 0 amide bonds. The van der Waals surface area contributed by atoms with E-state index < -0.39 is 0 Å². The summed E-state index contributed by atoms with van der Waals surface area (Å²) >= 11 is 3.92. The van der Waals surface area contributed by atoms with Crippen LogP contribution in [0.15, 0.2) is 0 Å². The average molecular weight is 163 g/mol. The van der Waals surface area contributed by atoms with Crippen molar-refractivity contribution in [2.75, 3.05) is 5.75 Å². The van der Waals surface area contributed by atoms with Gasteiger partial charge >= 0.3 is 0 Å². The molecular weight excluding hydrogens is 146 g/mol. The molecular formula is C7H17NOS. The van der Waals surface area contributed by atoms with E-state index in [1.807, 2.05) is 13.8 Å². The first-order valence-electron chi connectivity index (χ1n) is 3.55. The highest BCUT2D eigenvalue weighted by Gasteiger charge is 2.04. The summed E-state index contributed by atoms with van der Waals surface area (Å²) in [4.78, 5) is 10.4. The second-order valence-electron chi connectivity index (χ2n) is 1.73. The van der Waals surface area contributed by atoms with E-state index in [0.29, 0.717) is 12.2 Å². The summed E-state index contributed by atoms with van der Waals surface area (Å²) in [6, 6.07) is -0.299. The Morgan fingerprint density at radius 1 is 1.60 bits per heavy atom. The fourth-order valence-corrected chi connectivity index (χ4v) is 0.621. The van der Waals surface area contributed by atoms with Crippen LogP contribution in [0.5, 0.6) is 0 Å². The molecule has 0 aromatic carbocycles. The van der Waals surface area contributed by atoms with Gasteiger partial charge < -0.3 is 5.73 Å². The van der Waals surface area contributed by atoms with Crippen LogP contribution in [0.3, 0.4) is 0 Å². The normalized spacial score (nSPS) is 11.3. The SMILES string of the molecule is CC.CC(=O)C(N)CCS. The highest BCUT2D eigenvalue weighted by Crippen LogP contribution is 1.90. The summed E-state index contributed by atoms with van der Waals surface area (Å²) in [5.41, 5.74) is 5.33. The summed E-state index contributed by atoms with van der Waals surface area (Å²) < 4.78 is 0. The van der Waals surface area contributed by atoms with Gasteiger partial charge in [0.05, 0.1) is 6.04 Å². The maximum Gasteiger partial charge on any atom is 0.146 e. The number of hydrogen-bond acceptors (Lipinski definition) is 3. The summed E-state index contributed by atoms with van der Waals surface area (Å²) in [5, 5.41) is 0. The summed E-state index contributed by atoms with van der Waals surface area (Å²) in [7, 11) is 0. The van der Waals surface area contributed by atoms with Crippen LogP contribution in [-0.4, -0.2) is 17.6 Å². The predicted molar refractivity (Wildman–Crippen MR) is 48.5 cm³/mol. The largest absolute Gasteiger partial charge is 0.321 e. The fraction of sp³-hybridized carbons (Fsp3) is 0.857. The van der Waals surface area contributed by atoms with E-state index in [4.69, 9.17) is 5.73 Å². The number of hydrogen-bond donors (Lipinski definition) is 2. The Morgan fingerprint density at radius 3 is 2.10 bits per heavy atom. The zero-order valence-electron chi connectivity index (χ0n) is 6.92. The third-order valence-electron chi connectivity index (χ3n) is 0.962. The number of nitrogens with two attached hydrogens (primary N) is 1. The molecule has 3 heteroatoms. The van der Waals surface area contributed by atoms with E-state index in [1.165, 1.54) is 6.92 Å². The molecule has 1 atom stereocenters. The minimum atomic E-state index is -0.299. The van der Waals surface area contributed by atoms with Crippen molar-refractivity contribution in [1.82, 2.24) is 0 Å². The topological polar surface area (TPSA) is 43.1 Å². The van der Waals surface area contributed by atoms with Crippen LogP contribution in [0.1, 0.15) is 27.2 Å². The highest BCUT2D eigenvalue weighted by molar-refractivity contribution is 7.80. The van der Waals surface area contributed by atoms with Gasteiger partial charge in [0.2, 0.25) is 0 Å². The predicted octanol–water partition coefficient (Wildman–Crippen LogP) is 1.25. The van der Waals surface area contributed by atoms with Gasteiger partial charge in [-0.3, -0.25) is 4.79 Å². The van der Waals surface area contributed by atoms with Crippen LogP contribution in [-0.2, 0) is 4.79 Å². The average Bonchev–Trinajstić information content (AvgIpc) is 1.93. The molecule has 0 heterocycles. The number of carbonyl (C=O) groups excluding carboxylic acids is 1. The Hall–Kier alpha value is -0.0200. The second-order valence-corrected chi connectivity index (χ2v) is 2.18. The van der Waals surface area contributed by atoms with Crippen molar-refractivity contribution in [2.24, 2.45) is 5.73 Å². The van der Waals surface area contributed by atoms with Crippen LogP contribution in [0.2, 0.25) is 0 Å². The molecule has 10 heavy (non-hydrogen) atoms. The van der Waals surface area contributed by atoms with E-state index in [9.17, 15) is 4.79 Å². The zero-order valence-corrected chi connectivity index (χ0v) is 7.82. The number of Topliss-reactive ketones (excluding diaryl/α,β-unsaturated/α-hetero) is 1. The third kappa shape index (κ3) is 7.98. The minimum Gasteiger partial charge on any atom is -0.321 e. The van der Waals surface area contributed by atoms with E-state index in [2.05, 4.69) is 12.6 Å². The quantitative estimate of drug-likeness (QED) is 0.615. The lowest BCUT2D eigenvalue weighted by Gasteiger charge is -2.02. The smallest absolute Gasteiger partial charge is 0.146 e. The molecule has 2 nitrogen and oxygen atoms in total. The van der Waals surface area contributed by atoms with Crippen LogP contribution in [0, 0.1) is 0 Å². The Balaban J connectivity index is 0. The van der Waals surface area contributed by atoms with Gasteiger partial charge in [-0.15, -0.1) is 0 Å². The summed E-state index contributed by atoms with van der Waals surface area (Å²) in [5.74, 6) is 0.722. The molecule has 2 N–H and O–H groups in total. The molecule has 0 aliphatic heterocycles. The van der Waals surface area contributed by atoms with E-state index in [-0.39, 0.29) is 11.8 Å². The monoisotopic (exact) mass is 163 g/mol. The first kappa shape index (κ1) is 12.6. The van der Waals surface area contributed by atoms with Gasteiger partial charge in [0.1, 0.15) is 5.78 Å². The third-order valence-corrected chi connectivity index (χ3v) is 1.22. The summed E-state index contributed by atoms with van der Waals surface area (Å²) in [6.45, 7) is 5.49. The van der Waals surface area contributed by atoms with Crippen molar-refractivity contribution in [3.05, 3.63) is 0 Å². The van der Waals surface area contributed by atoms with Gasteiger partial charge in [-0.05, 0) is 19.1 Å². The van der Waals surface area contributed by atoms with Crippen molar-refractivity contribution < 1.29 is 4.79 Å². The van der Waals surface area contributed by atoms with Gasteiger partial charge in [-0.1, -0.05) is 13.8 Å². The molecule has 0 aliphatic rings. The van der Waals surface area contributed by atoms with E-state index in [1.54, 1.807) is 0 Å². The molecule has 62 valence electrons. The molecule has 0 bridgehead atoms. The van der Waals surface area contributed by atoms with Crippen LogP contribution >= 0.6 is 12.6 Å². The van der Waals surface area contributed by atoms with Crippen molar-refractivity contribution in [3.63, 3.8) is 0 Å². The van der Waals surface area contributed by atoms with Crippen molar-refractivity contribution in [2.45, 2.75) is 33.2 Å². The van der Waals surface area contributed by atoms with Gasteiger partial charge in [-0.2, -0.15) is 12.6 Å². The van der Waals surface area contributed by atoms with E-state index >= 15 is 0 Å². The lowest BCUT2D eigenvalue weighted by molar-refractivity contribution is -0.118. The highest BCUT2D eigenvalue weighted by atomic mass is 32.1. The molecule has 0 spiro atoms. The molecule has 0 aromatic heterocycles. The Labute approximate surface area is 68.6 Å². The van der Waals surface area contributed by atoms with Gasteiger partial charge in [0, 0.05) is 0 Å². The maximum atomic E-state index is 10.4. The number of ketones is 1. The van der Waals surface area contributed by atoms with E-state index in [0.717, 1.165) is 0 Å². The lowest BCUT2D eigenvalue weighted by Crippen LogP contribution is -2.28. The number of carbonyl (C=O) groups is 1. The molecule has 0 rings (SSSR count). The molecule has 1 unspecified atom stereocenters.